The number of primary sulfonamides is 1. The lowest BCUT2D eigenvalue weighted by Crippen LogP contribution is -2.46. The van der Waals surface area contributed by atoms with Crippen molar-refractivity contribution < 1.29 is 17.9 Å². The summed E-state index contributed by atoms with van der Waals surface area (Å²) in [6.45, 7) is 0. The molecule has 0 radical (unpaired) electrons. The van der Waals surface area contributed by atoms with Gasteiger partial charge in [-0.2, -0.15) is 0 Å². The SMILES string of the molecule is COC(CC1(S(N)(=O)=O)C=CC=C(Cc2ccc(Br)cc2Cl)C1)OC. The fourth-order valence-corrected chi connectivity index (χ4v) is 4.65. The molecule has 138 valence electrons. The van der Waals surface area contributed by atoms with Crippen LogP contribution in [0.25, 0.3) is 0 Å². The molecule has 25 heavy (non-hydrogen) atoms. The summed E-state index contributed by atoms with van der Waals surface area (Å²) in [4.78, 5) is 0. The molecule has 2 rings (SSSR count). The molecule has 2 N–H and O–H groups in total. The molecule has 0 aliphatic heterocycles. The van der Waals surface area contributed by atoms with Gasteiger partial charge < -0.3 is 9.47 Å². The number of halogens is 2. The van der Waals surface area contributed by atoms with Gasteiger partial charge in [0, 0.05) is 30.1 Å². The number of benzene rings is 1. The van der Waals surface area contributed by atoms with Crippen LogP contribution in [-0.2, 0) is 25.9 Å². The molecule has 1 atom stereocenters. The van der Waals surface area contributed by atoms with E-state index in [9.17, 15) is 8.42 Å². The van der Waals surface area contributed by atoms with Crippen LogP contribution in [0.4, 0.5) is 0 Å². The number of sulfonamides is 1. The van der Waals surface area contributed by atoms with Gasteiger partial charge >= 0.3 is 0 Å². The predicted molar refractivity (Wildman–Crippen MR) is 103 cm³/mol. The van der Waals surface area contributed by atoms with Crippen LogP contribution in [-0.4, -0.2) is 33.7 Å². The highest BCUT2D eigenvalue weighted by Crippen LogP contribution is 2.36. The summed E-state index contributed by atoms with van der Waals surface area (Å²) in [5.41, 5.74) is 1.84. The van der Waals surface area contributed by atoms with Crippen LogP contribution in [0.2, 0.25) is 5.02 Å². The van der Waals surface area contributed by atoms with E-state index in [0.29, 0.717) is 11.4 Å². The van der Waals surface area contributed by atoms with Crippen LogP contribution in [0, 0.1) is 0 Å². The Bertz CT molecular complexity index is 790. The molecule has 0 aromatic heterocycles. The first-order chi connectivity index (χ1) is 11.7. The zero-order chi connectivity index (χ0) is 18.7. The number of rotatable bonds is 7. The van der Waals surface area contributed by atoms with Crippen LogP contribution in [0.5, 0.6) is 0 Å². The number of hydrogen-bond acceptors (Lipinski definition) is 4. The van der Waals surface area contributed by atoms with E-state index in [4.69, 9.17) is 26.2 Å². The van der Waals surface area contributed by atoms with Gasteiger partial charge in [0.15, 0.2) is 6.29 Å². The topological polar surface area (TPSA) is 78.6 Å². The Morgan fingerprint density at radius 1 is 1.36 bits per heavy atom. The van der Waals surface area contributed by atoms with E-state index in [-0.39, 0.29) is 12.8 Å². The fraction of sp³-hybridized carbons (Fsp3) is 0.412. The lowest BCUT2D eigenvalue weighted by molar-refractivity contribution is -0.109. The van der Waals surface area contributed by atoms with E-state index in [1.54, 1.807) is 12.2 Å². The van der Waals surface area contributed by atoms with E-state index < -0.39 is 21.1 Å². The van der Waals surface area contributed by atoms with E-state index in [0.717, 1.165) is 15.6 Å². The smallest absolute Gasteiger partial charge is 0.218 e. The minimum Gasteiger partial charge on any atom is -0.356 e. The molecule has 0 spiro atoms. The maximum absolute atomic E-state index is 12.3. The Labute approximate surface area is 162 Å². The normalized spacial score (nSPS) is 20.8. The average Bonchev–Trinajstić information content (AvgIpc) is 2.54. The Morgan fingerprint density at radius 3 is 2.60 bits per heavy atom. The summed E-state index contributed by atoms with van der Waals surface area (Å²) in [6.07, 6.45) is 5.48. The Hall–Kier alpha value is -0.700. The number of nitrogens with two attached hydrogens (primary N) is 1. The standard InChI is InChI=1S/C17H21BrClNO4S/c1-23-16(24-2)11-17(25(20,21)22)7-3-4-12(10-17)8-13-5-6-14(18)9-15(13)19/h3-7,9,16H,8,10-11H2,1-2H3,(H2,20,21,22). The molecule has 1 aliphatic rings. The second-order valence-corrected chi connectivity index (χ2v) is 9.21. The quantitative estimate of drug-likeness (QED) is 0.644. The van der Waals surface area contributed by atoms with Crippen molar-refractivity contribution in [3.8, 4) is 0 Å². The summed E-state index contributed by atoms with van der Waals surface area (Å²) in [6, 6.07) is 5.63. The molecule has 1 aromatic carbocycles. The molecular weight excluding hydrogens is 430 g/mol. The molecule has 0 heterocycles. The molecule has 0 fully saturated rings. The molecule has 1 aliphatic carbocycles. The Kier molecular flexibility index (Phi) is 6.87. The van der Waals surface area contributed by atoms with Crippen molar-refractivity contribution in [2.24, 2.45) is 5.14 Å². The Morgan fingerprint density at radius 2 is 2.04 bits per heavy atom. The highest BCUT2D eigenvalue weighted by Gasteiger charge is 2.43. The molecule has 0 saturated carbocycles. The summed E-state index contributed by atoms with van der Waals surface area (Å²) in [5, 5.41) is 6.18. The van der Waals surface area contributed by atoms with Crippen molar-refractivity contribution in [3.63, 3.8) is 0 Å². The molecule has 0 amide bonds. The summed E-state index contributed by atoms with van der Waals surface area (Å²) in [7, 11) is -0.937. The van der Waals surface area contributed by atoms with Crippen LogP contribution in [0.1, 0.15) is 18.4 Å². The van der Waals surface area contributed by atoms with Gasteiger partial charge in [0.05, 0.1) is 0 Å². The third-order valence-corrected chi connectivity index (χ3v) is 6.72. The molecular formula is C17H21BrClNO4S. The van der Waals surface area contributed by atoms with Crippen LogP contribution in [0.15, 0.2) is 46.5 Å². The van der Waals surface area contributed by atoms with Gasteiger partial charge in [-0.1, -0.05) is 57.4 Å². The lowest BCUT2D eigenvalue weighted by Gasteiger charge is -2.33. The summed E-state index contributed by atoms with van der Waals surface area (Å²) < 4.78 is 34.7. The first-order valence-corrected chi connectivity index (χ1v) is 10.3. The monoisotopic (exact) mass is 449 g/mol. The van der Waals surface area contributed by atoms with Crippen molar-refractivity contribution >= 4 is 37.6 Å². The predicted octanol–water partition coefficient (Wildman–Crippen LogP) is 3.57. The zero-order valence-corrected chi connectivity index (χ0v) is 17.2. The molecule has 8 heteroatoms. The zero-order valence-electron chi connectivity index (χ0n) is 14.0. The van der Waals surface area contributed by atoms with E-state index in [1.165, 1.54) is 14.2 Å². The van der Waals surface area contributed by atoms with Crippen molar-refractivity contribution in [3.05, 3.63) is 57.1 Å². The van der Waals surface area contributed by atoms with Gasteiger partial charge in [0.1, 0.15) is 4.75 Å². The molecule has 1 unspecified atom stereocenters. The van der Waals surface area contributed by atoms with Gasteiger partial charge in [0.25, 0.3) is 0 Å². The maximum Gasteiger partial charge on any atom is 0.218 e. The molecule has 1 aromatic rings. The number of ether oxygens (including phenoxy) is 2. The van der Waals surface area contributed by atoms with Crippen molar-refractivity contribution in [2.75, 3.05) is 14.2 Å². The third kappa shape index (κ3) is 4.93. The second kappa shape index (κ2) is 8.33. The average molecular weight is 451 g/mol. The van der Waals surface area contributed by atoms with Crippen LogP contribution in [0.3, 0.4) is 0 Å². The van der Waals surface area contributed by atoms with Crippen molar-refractivity contribution in [1.29, 1.82) is 0 Å². The van der Waals surface area contributed by atoms with Gasteiger partial charge in [-0.3, -0.25) is 0 Å². The first-order valence-electron chi connectivity index (χ1n) is 7.60. The van der Waals surface area contributed by atoms with Crippen LogP contribution < -0.4 is 5.14 Å². The van der Waals surface area contributed by atoms with Crippen molar-refractivity contribution in [1.82, 2.24) is 0 Å². The molecule has 0 saturated heterocycles. The van der Waals surface area contributed by atoms with E-state index >= 15 is 0 Å². The fourth-order valence-electron chi connectivity index (χ4n) is 2.89. The van der Waals surface area contributed by atoms with Gasteiger partial charge in [-0.25, -0.2) is 13.6 Å². The largest absolute Gasteiger partial charge is 0.356 e. The molecule has 0 bridgehead atoms. The minimum atomic E-state index is -3.87. The summed E-state index contributed by atoms with van der Waals surface area (Å²) >= 11 is 9.66. The number of allylic oxidation sites excluding steroid dienone is 3. The second-order valence-electron chi connectivity index (χ2n) is 5.99. The maximum atomic E-state index is 12.3. The van der Waals surface area contributed by atoms with Crippen LogP contribution >= 0.6 is 27.5 Å². The minimum absolute atomic E-state index is 0.112. The third-order valence-electron chi connectivity index (χ3n) is 4.30. The van der Waals surface area contributed by atoms with Gasteiger partial charge in [-0.05, 0) is 30.5 Å². The van der Waals surface area contributed by atoms with Gasteiger partial charge in [0.2, 0.25) is 10.0 Å². The van der Waals surface area contributed by atoms with E-state index in [1.807, 2.05) is 24.3 Å². The number of methoxy groups -OCH3 is 2. The lowest BCUT2D eigenvalue weighted by atomic mass is 9.87. The van der Waals surface area contributed by atoms with E-state index in [2.05, 4.69) is 15.9 Å². The first kappa shape index (κ1) is 20.6. The summed E-state index contributed by atoms with van der Waals surface area (Å²) in [5.74, 6) is 0. The van der Waals surface area contributed by atoms with Gasteiger partial charge in [-0.15, -0.1) is 0 Å². The highest BCUT2D eigenvalue weighted by atomic mass is 79.9. The number of hydrogen-bond donors (Lipinski definition) is 1. The Balaban J connectivity index is 2.29. The van der Waals surface area contributed by atoms with Crippen molar-refractivity contribution in [2.45, 2.75) is 30.3 Å². The molecule has 5 nitrogen and oxygen atoms in total. The highest BCUT2D eigenvalue weighted by molar-refractivity contribution is 9.10.